The first-order chi connectivity index (χ1) is 12.1. The molecule has 3 rings (SSSR count). The molecule has 3 aromatic rings. The number of para-hydroxylation sites is 1. The van der Waals surface area contributed by atoms with Crippen LogP contribution in [0.3, 0.4) is 0 Å². The van der Waals surface area contributed by atoms with Crippen LogP contribution in [0, 0.1) is 26.7 Å². The minimum absolute atomic E-state index is 0.540. The third-order valence-electron chi connectivity index (χ3n) is 4.67. The molecule has 0 aliphatic heterocycles. The van der Waals surface area contributed by atoms with Gasteiger partial charge in [0, 0.05) is 36.7 Å². The molecular weight excluding hydrogens is 310 g/mol. The predicted molar refractivity (Wildman–Crippen MR) is 101 cm³/mol. The van der Waals surface area contributed by atoms with Crippen LogP contribution in [0.5, 0.6) is 0 Å². The fourth-order valence-electron chi connectivity index (χ4n) is 3.19. The van der Waals surface area contributed by atoms with Gasteiger partial charge in [-0.1, -0.05) is 25.1 Å². The second kappa shape index (κ2) is 7.66. The first-order valence-corrected chi connectivity index (χ1v) is 8.85. The number of imidazole rings is 1. The highest BCUT2D eigenvalue weighted by molar-refractivity contribution is 5.36. The van der Waals surface area contributed by atoms with Gasteiger partial charge in [-0.15, -0.1) is 0 Å². The van der Waals surface area contributed by atoms with Crippen molar-refractivity contribution in [2.75, 3.05) is 6.54 Å². The average molecular weight is 337 g/mol. The molecule has 5 heteroatoms. The zero-order valence-electron chi connectivity index (χ0n) is 15.5. The van der Waals surface area contributed by atoms with Crippen molar-refractivity contribution < 1.29 is 0 Å². The summed E-state index contributed by atoms with van der Waals surface area (Å²) in [4.78, 5) is 4.28. The molecule has 0 aliphatic rings. The van der Waals surface area contributed by atoms with Crippen molar-refractivity contribution in [3.8, 4) is 5.69 Å². The summed E-state index contributed by atoms with van der Waals surface area (Å²) < 4.78 is 4.24. The summed E-state index contributed by atoms with van der Waals surface area (Å²) in [6, 6.07) is 10.3. The average Bonchev–Trinajstić information content (AvgIpc) is 3.13. The highest BCUT2D eigenvalue weighted by Gasteiger charge is 2.13. The zero-order chi connectivity index (χ0) is 17.8. The first-order valence-electron chi connectivity index (χ1n) is 8.85. The lowest BCUT2D eigenvalue weighted by Crippen LogP contribution is -2.24. The Morgan fingerprint density at radius 1 is 1.12 bits per heavy atom. The van der Waals surface area contributed by atoms with Crippen molar-refractivity contribution in [2.45, 2.75) is 40.8 Å². The number of benzene rings is 1. The highest BCUT2D eigenvalue weighted by Crippen LogP contribution is 2.17. The standard InChI is InChI=1S/C20H27N5/c1-15(14-24-11-10-22-18(24)4)12-21-13-20-16(2)23-25(17(20)3)19-8-6-5-7-9-19/h5-11,15,21H,12-14H2,1-4H3. The molecule has 2 heterocycles. The van der Waals surface area contributed by atoms with Crippen molar-refractivity contribution in [1.29, 1.82) is 0 Å². The third-order valence-corrected chi connectivity index (χ3v) is 4.67. The Morgan fingerprint density at radius 2 is 1.88 bits per heavy atom. The van der Waals surface area contributed by atoms with Crippen LogP contribution in [0.15, 0.2) is 42.7 Å². The second-order valence-electron chi connectivity index (χ2n) is 6.76. The van der Waals surface area contributed by atoms with E-state index in [1.165, 1.54) is 11.3 Å². The van der Waals surface area contributed by atoms with Crippen LogP contribution >= 0.6 is 0 Å². The highest BCUT2D eigenvalue weighted by atomic mass is 15.3. The summed E-state index contributed by atoms with van der Waals surface area (Å²) in [7, 11) is 0. The third kappa shape index (κ3) is 3.99. The lowest BCUT2D eigenvalue weighted by atomic mass is 10.1. The Labute approximate surface area is 149 Å². The van der Waals surface area contributed by atoms with E-state index < -0.39 is 0 Å². The molecule has 132 valence electrons. The lowest BCUT2D eigenvalue weighted by Gasteiger charge is -2.14. The summed E-state index contributed by atoms with van der Waals surface area (Å²) in [5.41, 5.74) is 4.69. The van der Waals surface area contributed by atoms with E-state index in [0.29, 0.717) is 5.92 Å². The fraction of sp³-hybridized carbons (Fsp3) is 0.400. The summed E-state index contributed by atoms with van der Waals surface area (Å²) in [5, 5.41) is 8.31. The molecule has 1 unspecified atom stereocenters. The molecular formula is C20H27N5. The van der Waals surface area contributed by atoms with E-state index in [0.717, 1.165) is 36.8 Å². The Hall–Kier alpha value is -2.40. The molecule has 2 aromatic heterocycles. The smallest absolute Gasteiger partial charge is 0.105 e. The van der Waals surface area contributed by atoms with Gasteiger partial charge in [0.2, 0.25) is 0 Å². The van der Waals surface area contributed by atoms with E-state index in [1.807, 2.05) is 42.2 Å². The van der Waals surface area contributed by atoms with Crippen LogP contribution in [0.2, 0.25) is 0 Å². The van der Waals surface area contributed by atoms with E-state index in [9.17, 15) is 0 Å². The molecule has 0 aliphatic carbocycles. The summed E-state index contributed by atoms with van der Waals surface area (Å²) in [6.45, 7) is 11.3. The number of aromatic nitrogens is 4. The largest absolute Gasteiger partial charge is 0.335 e. The Bertz CT molecular complexity index is 816. The number of nitrogens with zero attached hydrogens (tertiary/aromatic N) is 4. The molecule has 0 bridgehead atoms. The van der Waals surface area contributed by atoms with E-state index in [4.69, 9.17) is 5.10 Å². The number of hydrogen-bond acceptors (Lipinski definition) is 3. The topological polar surface area (TPSA) is 47.7 Å². The van der Waals surface area contributed by atoms with Crippen molar-refractivity contribution >= 4 is 0 Å². The maximum Gasteiger partial charge on any atom is 0.105 e. The van der Waals surface area contributed by atoms with Gasteiger partial charge in [0.25, 0.3) is 0 Å². The van der Waals surface area contributed by atoms with Gasteiger partial charge in [0.05, 0.1) is 11.4 Å². The van der Waals surface area contributed by atoms with Crippen LogP contribution in [0.25, 0.3) is 5.69 Å². The Kier molecular flexibility index (Phi) is 5.34. The minimum Gasteiger partial charge on any atom is -0.335 e. The van der Waals surface area contributed by atoms with Gasteiger partial charge in [-0.3, -0.25) is 0 Å². The number of hydrogen-bond donors (Lipinski definition) is 1. The first kappa shape index (κ1) is 17.4. The van der Waals surface area contributed by atoms with Gasteiger partial charge >= 0.3 is 0 Å². The normalized spacial score (nSPS) is 12.5. The molecule has 0 saturated carbocycles. The molecule has 1 atom stereocenters. The van der Waals surface area contributed by atoms with E-state index in [-0.39, 0.29) is 0 Å². The molecule has 0 amide bonds. The summed E-state index contributed by atoms with van der Waals surface area (Å²) >= 11 is 0. The van der Waals surface area contributed by atoms with Gasteiger partial charge in [-0.05, 0) is 45.4 Å². The van der Waals surface area contributed by atoms with Crippen LogP contribution < -0.4 is 5.32 Å². The Morgan fingerprint density at radius 3 is 2.56 bits per heavy atom. The molecule has 5 nitrogen and oxygen atoms in total. The monoisotopic (exact) mass is 337 g/mol. The zero-order valence-corrected chi connectivity index (χ0v) is 15.5. The van der Waals surface area contributed by atoms with Crippen molar-refractivity contribution in [3.05, 3.63) is 65.5 Å². The van der Waals surface area contributed by atoms with Gasteiger partial charge in [0.1, 0.15) is 5.82 Å². The maximum absolute atomic E-state index is 4.71. The van der Waals surface area contributed by atoms with Gasteiger partial charge in [-0.2, -0.15) is 5.10 Å². The van der Waals surface area contributed by atoms with E-state index in [1.54, 1.807) is 0 Å². The van der Waals surface area contributed by atoms with E-state index in [2.05, 4.69) is 47.8 Å². The van der Waals surface area contributed by atoms with Crippen LogP contribution in [-0.2, 0) is 13.1 Å². The number of aryl methyl sites for hydroxylation is 2. The number of rotatable bonds is 7. The fourth-order valence-corrected chi connectivity index (χ4v) is 3.19. The lowest BCUT2D eigenvalue weighted by molar-refractivity contribution is 0.440. The van der Waals surface area contributed by atoms with Crippen molar-refractivity contribution in [2.24, 2.45) is 5.92 Å². The van der Waals surface area contributed by atoms with Gasteiger partial charge in [0.15, 0.2) is 0 Å². The summed E-state index contributed by atoms with van der Waals surface area (Å²) in [5.74, 6) is 1.61. The molecule has 1 aromatic carbocycles. The van der Waals surface area contributed by atoms with Gasteiger partial charge < -0.3 is 9.88 Å². The molecule has 0 radical (unpaired) electrons. The van der Waals surface area contributed by atoms with Crippen molar-refractivity contribution in [1.82, 2.24) is 24.6 Å². The Balaban J connectivity index is 1.60. The van der Waals surface area contributed by atoms with Crippen LogP contribution in [-0.4, -0.2) is 25.9 Å². The molecule has 0 saturated heterocycles. The maximum atomic E-state index is 4.71. The molecule has 1 N–H and O–H groups in total. The molecule has 0 spiro atoms. The van der Waals surface area contributed by atoms with Crippen LogP contribution in [0.1, 0.15) is 29.7 Å². The molecule has 0 fully saturated rings. The van der Waals surface area contributed by atoms with Crippen molar-refractivity contribution in [3.63, 3.8) is 0 Å². The quantitative estimate of drug-likeness (QED) is 0.718. The SMILES string of the molecule is Cc1nn(-c2ccccc2)c(C)c1CNCC(C)Cn1ccnc1C. The second-order valence-corrected chi connectivity index (χ2v) is 6.76. The predicted octanol–water partition coefficient (Wildman–Crippen LogP) is 3.42. The minimum atomic E-state index is 0.540. The number of nitrogens with one attached hydrogen (secondary N) is 1. The van der Waals surface area contributed by atoms with Gasteiger partial charge in [-0.25, -0.2) is 9.67 Å². The van der Waals surface area contributed by atoms with E-state index >= 15 is 0 Å². The molecule has 25 heavy (non-hydrogen) atoms. The van der Waals surface area contributed by atoms with Crippen LogP contribution in [0.4, 0.5) is 0 Å². The summed E-state index contributed by atoms with van der Waals surface area (Å²) in [6.07, 6.45) is 3.91.